The Balaban J connectivity index is 1.69. The van der Waals surface area contributed by atoms with Crippen molar-refractivity contribution in [2.24, 2.45) is 0 Å². The van der Waals surface area contributed by atoms with Crippen molar-refractivity contribution in [3.05, 3.63) is 65.7 Å². The molecule has 0 saturated carbocycles. The van der Waals surface area contributed by atoms with E-state index in [1.807, 2.05) is 12.1 Å². The maximum Gasteiger partial charge on any atom is 0.123 e. The topological polar surface area (TPSA) is 24.5 Å². The lowest BCUT2D eigenvalue weighted by atomic mass is 9.97. The number of piperidine rings is 1. The number of methoxy groups -OCH3 is 1. The van der Waals surface area contributed by atoms with Crippen molar-refractivity contribution in [3.8, 4) is 5.75 Å². The molecular weight excluding hydrogens is 272 g/mol. The van der Waals surface area contributed by atoms with E-state index >= 15 is 0 Å². The normalized spacial score (nSPS) is 19.0. The van der Waals surface area contributed by atoms with Crippen molar-refractivity contribution in [1.82, 2.24) is 10.4 Å². The summed E-state index contributed by atoms with van der Waals surface area (Å²) in [6.45, 7) is 1.89. The number of hydrogen-bond acceptors (Lipinski definition) is 3. The number of ether oxygens (including phenoxy) is 1. The Bertz CT molecular complexity index is 585. The molecule has 22 heavy (non-hydrogen) atoms. The zero-order valence-corrected chi connectivity index (χ0v) is 13.2. The Morgan fingerprint density at radius 3 is 2.64 bits per heavy atom. The van der Waals surface area contributed by atoms with Crippen LogP contribution < -0.4 is 10.2 Å². The van der Waals surface area contributed by atoms with Gasteiger partial charge in [0.05, 0.1) is 7.11 Å². The molecule has 0 amide bonds. The highest BCUT2D eigenvalue weighted by atomic mass is 16.5. The zero-order chi connectivity index (χ0) is 15.2. The van der Waals surface area contributed by atoms with E-state index in [1.165, 1.54) is 30.4 Å². The molecule has 2 aromatic carbocycles. The van der Waals surface area contributed by atoms with Crippen LogP contribution in [0.5, 0.6) is 5.75 Å². The number of para-hydroxylation sites is 1. The van der Waals surface area contributed by atoms with E-state index in [0.29, 0.717) is 6.04 Å². The van der Waals surface area contributed by atoms with Crippen LogP contribution in [0.3, 0.4) is 0 Å². The van der Waals surface area contributed by atoms with Gasteiger partial charge in [0.15, 0.2) is 0 Å². The van der Waals surface area contributed by atoms with Gasteiger partial charge in [0.1, 0.15) is 5.75 Å². The molecule has 2 aromatic rings. The molecule has 1 fully saturated rings. The van der Waals surface area contributed by atoms with Gasteiger partial charge in [0.2, 0.25) is 0 Å². The van der Waals surface area contributed by atoms with Gasteiger partial charge in [-0.2, -0.15) is 0 Å². The summed E-state index contributed by atoms with van der Waals surface area (Å²) in [4.78, 5) is 0. The molecule has 0 spiro atoms. The standard InChI is InChI=1S/C19H24N2O/c1-22-19-13-6-5-11-17(19)15-20-21-14-8-7-12-18(21)16-9-3-2-4-10-16/h2-6,9-11,13,18,20H,7-8,12,14-15H2,1H3. The lowest BCUT2D eigenvalue weighted by Gasteiger charge is -2.36. The largest absolute Gasteiger partial charge is 0.496 e. The van der Waals surface area contributed by atoms with Crippen molar-refractivity contribution >= 4 is 0 Å². The summed E-state index contributed by atoms with van der Waals surface area (Å²) in [5, 5.41) is 2.39. The van der Waals surface area contributed by atoms with Crippen LogP contribution in [-0.2, 0) is 6.54 Å². The van der Waals surface area contributed by atoms with E-state index < -0.39 is 0 Å². The summed E-state index contributed by atoms with van der Waals surface area (Å²) in [6, 6.07) is 19.5. The second-order valence-electron chi connectivity index (χ2n) is 5.76. The molecule has 1 heterocycles. The van der Waals surface area contributed by atoms with Gasteiger partial charge in [0, 0.05) is 24.7 Å². The van der Waals surface area contributed by atoms with Crippen molar-refractivity contribution < 1.29 is 4.74 Å². The molecular formula is C19H24N2O. The van der Waals surface area contributed by atoms with Gasteiger partial charge in [-0.05, 0) is 24.5 Å². The fourth-order valence-electron chi connectivity index (χ4n) is 3.18. The van der Waals surface area contributed by atoms with E-state index in [9.17, 15) is 0 Å². The predicted molar refractivity (Wildman–Crippen MR) is 89.6 cm³/mol. The van der Waals surface area contributed by atoms with Crippen LogP contribution in [0, 0.1) is 0 Å². The van der Waals surface area contributed by atoms with Crippen LogP contribution in [0.4, 0.5) is 0 Å². The van der Waals surface area contributed by atoms with Gasteiger partial charge in [-0.3, -0.25) is 5.43 Å². The van der Waals surface area contributed by atoms with Gasteiger partial charge in [0.25, 0.3) is 0 Å². The summed E-state index contributed by atoms with van der Waals surface area (Å²) >= 11 is 0. The van der Waals surface area contributed by atoms with E-state index in [2.05, 4.69) is 52.9 Å². The molecule has 1 atom stereocenters. The molecule has 1 N–H and O–H groups in total. The summed E-state index contributed by atoms with van der Waals surface area (Å²) in [6.07, 6.45) is 3.76. The van der Waals surface area contributed by atoms with E-state index in [-0.39, 0.29) is 0 Å². The monoisotopic (exact) mass is 296 g/mol. The first-order chi connectivity index (χ1) is 10.9. The summed E-state index contributed by atoms with van der Waals surface area (Å²) in [7, 11) is 1.73. The molecule has 1 aliphatic heterocycles. The van der Waals surface area contributed by atoms with Crippen LogP contribution in [0.25, 0.3) is 0 Å². The molecule has 1 unspecified atom stereocenters. The summed E-state index contributed by atoms with van der Waals surface area (Å²) in [5.74, 6) is 0.947. The Morgan fingerprint density at radius 1 is 1.05 bits per heavy atom. The zero-order valence-electron chi connectivity index (χ0n) is 13.2. The number of hydrazine groups is 1. The molecule has 0 aliphatic carbocycles. The third kappa shape index (κ3) is 3.49. The summed E-state index contributed by atoms with van der Waals surface area (Å²) in [5.41, 5.74) is 6.21. The average Bonchev–Trinajstić information content (AvgIpc) is 2.61. The number of rotatable bonds is 5. The van der Waals surface area contributed by atoms with Crippen molar-refractivity contribution in [3.63, 3.8) is 0 Å². The lowest BCUT2D eigenvalue weighted by Crippen LogP contribution is -2.43. The van der Waals surface area contributed by atoms with Crippen molar-refractivity contribution in [2.45, 2.75) is 31.8 Å². The highest BCUT2D eigenvalue weighted by Crippen LogP contribution is 2.29. The van der Waals surface area contributed by atoms with E-state index in [4.69, 9.17) is 4.74 Å². The quantitative estimate of drug-likeness (QED) is 0.905. The fourth-order valence-corrected chi connectivity index (χ4v) is 3.18. The van der Waals surface area contributed by atoms with E-state index in [1.54, 1.807) is 7.11 Å². The molecule has 0 radical (unpaired) electrons. The minimum Gasteiger partial charge on any atom is -0.496 e. The number of hydrogen-bond donors (Lipinski definition) is 1. The predicted octanol–water partition coefficient (Wildman–Crippen LogP) is 3.93. The van der Waals surface area contributed by atoms with Crippen LogP contribution in [-0.4, -0.2) is 18.7 Å². The Morgan fingerprint density at radius 2 is 1.82 bits per heavy atom. The van der Waals surface area contributed by atoms with Gasteiger partial charge in [-0.25, -0.2) is 5.01 Å². The number of nitrogens with zero attached hydrogens (tertiary/aromatic N) is 1. The Kier molecular flexibility index (Phi) is 5.09. The third-order valence-corrected chi connectivity index (χ3v) is 4.35. The van der Waals surface area contributed by atoms with Gasteiger partial charge in [-0.15, -0.1) is 0 Å². The van der Waals surface area contributed by atoms with Crippen LogP contribution in [0.1, 0.15) is 36.4 Å². The van der Waals surface area contributed by atoms with Crippen molar-refractivity contribution in [2.75, 3.05) is 13.7 Å². The highest BCUT2D eigenvalue weighted by Gasteiger charge is 2.23. The highest BCUT2D eigenvalue weighted by molar-refractivity contribution is 5.33. The Labute approximate surface area is 132 Å². The van der Waals surface area contributed by atoms with Gasteiger partial charge in [-0.1, -0.05) is 55.0 Å². The van der Waals surface area contributed by atoms with Crippen LogP contribution in [0.2, 0.25) is 0 Å². The average molecular weight is 296 g/mol. The molecule has 3 heteroatoms. The molecule has 1 saturated heterocycles. The minimum atomic E-state index is 0.463. The SMILES string of the molecule is COc1ccccc1CNN1CCCCC1c1ccccc1. The molecule has 3 rings (SSSR count). The van der Waals surface area contributed by atoms with Crippen molar-refractivity contribution in [1.29, 1.82) is 0 Å². The maximum absolute atomic E-state index is 5.44. The second-order valence-corrected chi connectivity index (χ2v) is 5.76. The summed E-state index contributed by atoms with van der Waals surface area (Å²) < 4.78 is 5.44. The first kappa shape index (κ1) is 15.1. The second kappa shape index (κ2) is 7.43. The van der Waals surface area contributed by atoms with E-state index in [0.717, 1.165) is 18.8 Å². The maximum atomic E-state index is 5.44. The Hall–Kier alpha value is -1.84. The molecule has 0 bridgehead atoms. The molecule has 3 nitrogen and oxygen atoms in total. The molecule has 116 valence electrons. The minimum absolute atomic E-state index is 0.463. The molecule has 1 aliphatic rings. The smallest absolute Gasteiger partial charge is 0.123 e. The lowest BCUT2D eigenvalue weighted by molar-refractivity contribution is 0.0822. The van der Waals surface area contributed by atoms with Crippen LogP contribution in [0.15, 0.2) is 54.6 Å². The fraction of sp³-hybridized carbons (Fsp3) is 0.368. The van der Waals surface area contributed by atoms with Crippen LogP contribution >= 0.6 is 0 Å². The number of benzene rings is 2. The number of nitrogens with one attached hydrogen (secondary N) is 1. The van der Waals surface area contributed by atoms with Gasteiger partial charge < -0.3 is 4.74 Å². The van der Waals surface area contributed by atoms with Gasteiger partial charge >= 0.3 is 0 Å². The first-order valence-corrected chi connectivity index (χ1v) is 8.05. The first-order valence-electron chi connectivity index (χ1n) is 8.05. The third-order valence-electron chi connectivity index (χ3n) is 4.35. The molecule has 0 aromatic heterocycles.